The van der Waals surface area contributed by atoms with Gasteiger partial charge in [-0.05, 0) is 34.5 Å². The predicted molar refractivity (Wildman–Crippen MR) is 81.1 cm³/mol. The Labute approximate surface area is 129 Å². The summed E-state index contributed by atoms with van der Waals surface area (Å²) in [7, 11) is 0. The van der Waals surface area contributed by atoms with Gasteiger partial charge in [0.2, 0.25) is 5.88 Å². The van der Waals surface area contributed by atoms with Gasteiger partial charge in [0, 0.05) is 28.8 Å². The summed E-state index contributed by atoms with van der Waals surface area (Å²) in [4.78, 5) is 4.17. The van der Waals surface area contributed by atoms with Gasteiger partial charge >= 0.3 is 0 Å². The summed E-state index contributed by atoms with van der Waals surface area (Å²) in [5, 5.41) is 0.973. The third-order valence-electron chi connectivity index (χ3n) is 2.47. The summed E-state index contributed by atoms with van der Waals surface area (Å²) in [5.41, 5.74) is 6.69. The molecule has 2 aromatic rings. The highest BCUT2D eigenvalue weighted by Crippen LogP contribution is 2.36. The molecule has 1 heterocycles. The van der Waals surface area contributed by atoms with E-state index in [4.69, 9.17) is 33.7 Å². The first-order chi connectivity index (χ1) is 8.97. The average Bonchev–Trinajstić information content (AvgIpc) is 2.36. The van der Waals surface area contributed by atoms with E-state index in [1.54, 1.807) is 24.4 Å². The molecule has 0 spiro atoms. The number of benzene rings is 1. The Hall–Kier alpha value is -0.810. The predicted octanol–water partition coefficient (Wildman–Crippen LogP) is 4.96. The second-order valence-electron chi connectivity index (χ2n) is 4.02. The van der Waals surface area contributed by atoms with Gasteiger partial charge < -0.3 is 10.5 Å². The summed E-state index contributed by atoms with van der Waals surface area (Å²) >= 11 is 15.4. The lowest BCUT2D eigenvalue weighted by Crippen LogP contribution is -2.05. The highest BCUT2D eigenvalue weighted by molar-refractivity contribution is 9.10. The Kier molecular flexibility index (Phi) is 4.68. The second kappa shape index (κ2) is 6.09. The summed E-state index contributed by atoms with van der Waals surface area (Å²) in [6.07, 6.45) is 1.67. The zero-order chi connectivity index (χ0) is 14.0. The second-order valence-corrected chi connectivity index (χ2v) is 5.69. The van der Waals surface area contributed by atoms with Crippen molar-refractivity contribution in [2.24, 2.45) is 5.73 Å². The Balaban J connectivity index is 2.24. The Morgan fingerprint density at radius 3 is 2.58 bits per heavy atom. The molecule has 0 saturated carbocycles. The number of pyridine rings is 1. The monoisotopic (exact) mass is 360 g/mol. The molecule has 0 fully saturated rings. The molecule has 100 valence electrons. The Morgan fingerprint density at radius 1 is 1.26 bits per heavy atom. The van der Waals surface area contributed by atoms with Gasteiger partial charge in [-0.3, -0.25) is 0 Å². The number of aromatic nitrogens is 1. The standard InChI is InChI=1S/C13H11BrCl2N2O/c1-7(17)8-2-3-13(18-6-8)19-12-5-10(15)9(14)4-11(12)16/h2-7H,17H2,1H3/t7-/m1/s1. The van der Waals surface area contributed by atoms with E-state index < -0.39 is 0 Å². The maximum Gasteiger partial charge on any atom is 0.219 e. The van der Waals surface area contributed by atoms with E-state index in [2.05, 4.69) is 20.9 Å². The van der Waals surface area contributed by atoms with Gasteiger partial charge in [0.1, 0.15) is 5.75 Å². The summed E-state index contributed by atoms with van der Waals surface area (Å²) in [6, 6.07) is 6.85. The lowest BCUT2D eigenvalue weighted by Gasteiger charge is -2.09. The van der Waals surface area contributed by atoms with Crippen LogP contribution in [0.15, 0.2) is 34.9 Å². The topological polar surface area (TPSA) is 48.1 Å². The minimum Gasteiger partial charge on any atom is -0.437 e. The first kappa shape index (κ1) is 14.6. The van der Waals surface area contributed by atoms with Gasteiger partial charge in [-0.15, -0.1) is 0 Å². The van der Waals surface area contributed by atoms with Crippen LogP contribution in [0.3, 0.4) is 0 Å². The molecule has 2 rings (SSSR count). The van der Waals surface area contributed by atoms with Crippen molar-refractivity contribution in [3.05, 3.63) is 50.5 Å². The van der Waals surface area contributed by atoms with Crippen LogP contribution in [-0.2, 0) is 0 Å². The molecule has 0 amide bonds. The van der Waals surface area contributed by atoms with Gasteiger partial charge in [0.25, 0.3) is 0 Å². The average molecular weight is 362 g/mol. The van der Waals surface area contributed by atoms with E-state index in [1.165, 1.54) is 0 Å². The maximum atomic E-state index is 6.07. The van der Waals surface area contributed by atoms with Crippen molar-refractivity contribution in [1.29, 1.82) is 0 Å². The number of halogens is 3. The number of hydrogen-bond acceptors (Lipinski definition) is 3. The molecule has 0 aliphatic heterocycles. The Morgan fingerprint density at radius 2 is 2.00 bits per heavy atom. The van der Waals surface area contributed by atoms with Crippen LogP contribution in [0, 0.1) is 0 Å². The minimum atomic E-state index is -0.0627. The van der Waals surface area contributed by atoms with Gasteiger partial charge in [0.15, 0.2) is 0 Å². The van der Waals surface area contributed by atoms with Crippen molar-refractivity contribution in [2.75, 3.05) is 0 Å². The van der Waals surface area contributed by atoms with Crippen LogP contribution in [0.4, 0.5) is 0 Å². The van der Waals surface area contributed by atoms with Crippen LogP contribution in [0.25, 0.3) is 0 Å². The normalized spacial score (nSPS) is 12.3. The maximum absolute atomic E-state index is 6.07. The molecule has 3 nitrogen and oxygen atoms in total. The van der Waals surface area contributed by atoms with E-state index in [0.29, 0.717) is 26.1 Å². The van der Waals surface area contributed by atoms with E-state index >= 15 is 0 Å². The Bertz CT molecular complexity index is 588. The molecule has 0 bridgehead atoms. The van der Waals surface area contributed by atoms with Gasteiger partial charge in [0.05, 0.1) is 10.0 Å². The van der Waals surface area contributed by atoms with Gasteiger partial charge in [-0.1, -0.05) is 29.3 Å². The smallest absolute Gasteiger partial charge is 0.219 e. The van der Waals surface area contributed by atoms with Crippen molar-refractivity contribution in [3.8, 4) is 11.6 Å². The van der Waals surface area contributed by atoms with Crippen molar-refractivity contribution in [2.45, 2.75) is 13.0 Å². The highest BCUT2D eigenvalue weighted by atomic mass is 79.9. The third-order valence-corrected chi connectivity index (χ3v) is 3.97. The first-order valence-corrected chi connectivity index (χ1v) is 7.06. The van der Waals surface area contributed by atoms with Crippen LogP contribution < -0.4 is 10.5 Å². The molecular formula is C13H11BrCl2N2O. The number of nitrogens with zero attached hydrogens (tertiary/aromatic N) is 1. The van der Waals surface area contributed by atoms with Crippen LogP contribution in [0.1, 0.15) is 18.5 Å². The summed E-state index contributed by atoms with van der Waals surface area (Å²) in [5.74, 6) is 0.889. The quantitative estimate of drug-likeness (QED) is 0.785. The fraction of sp³-hybridized carbons (Fsp3) is 0.154. The van der Waals surface area contributed by atoms with Crippen molar-refractivity contribution in [1.82, 2.24) is 4.98 Å². The highest BCUT2D eigenvalue weighted by Gasteiger charge is 2.09. The number of rotatable bonds is 3. The zero-order valence-corrected chi connectivity index (χ0v) is 13.1. The number of hydrogen-bond donors (Lipinski definition) is 1. The van der Waals surface area contributed by atoms with Gasteiger partial charge in [-0.25, -0.2) is 4.98 Å². The SMILES string of the molecule is C[C@@H](N)c1ccc(Oc2cc(Cl)c(Br)cc2Cl)nc1. The molecule has 2 N–H and O–H groups in total. The molecule has 0 aliphatic rings. The molecule has 0 unspecified atom stereocenters. The van der Waals surface area contributed by atoms with E-state index in [9.17, 15) is 0 Å². The van der Waals surface area contributed by atoms with E-state index in [0.717, 1.165) is 5.56 Å². The molecule has 0 saturated heterocycles. The van der Waals surface area contributed by atoms with E-state index in [-0.39, 0.29) is 6.04 Å². The molecular weight excluding hydrogens is 351 g/mol. The largest absolute Gasteiger partial charge is 0.437 e. The molecule has 1 atom stereocenters. The third kappa shape index (κ3) is 3.60. The van der Waals surface area contributed by atoms with Crippen molar-refractivity contribution >= 4 is 39.1 Å². The minimum absolute atomic E-state index is 0.0627. The fourth-order valence-electron chi connectivity index (χ4n) is 1.42. The first-order valence-electron chi connectivity index (χ1n) is 5.51. The molecule has 1 aromatic heterocycles. The molecule has 0 aliphatic carbocycles. The van der Waals surface area contributed by atoms with Crippen LogP contribution in [-0.4, -0.2) is 4.98 Å². The lowest BCUT2D eigenvalue weighted by molar-refractivity contribution is 0.462. The van der Waals surface area contributed by atoms with E-state index in [1.807, 2.05) is 13.0 Å². The van der Waals surface area contributed by atoms with Crippen molar-refractivity contribution in [3.63, 3.8) is 0 Å². The number of nitrogens with two attached hydrogens (primary N) is 1. The van der Waals surface area contributed by atoms with Crippen LogP contribution in [0.5, 0.6) is 11.6 Å². The summed E-state index contributed by atoms with van der Waals surface area (Å²) < 4.78 is 6.31. The molecule has 6 heteroatoms. The molecule has 19 heavy (non-hydrogen) atoms. The molecule has 1 aromatic carbocycles. The zero-order valence-electron chi connectivity index (χ0n) is 10.0. The lowest BCUT2D eigenvalue weighted by atomic mass is 10.2. The molecule has 0 radical (unpaired) electrons. The fourth-order valence-corrected chi connectivity index (χ4v) is 2.25. The van der Waals surface area contributed by atoms with Crippen LogP contribution >= 0.6 is 39.1 Å². The van der Waals surface area contributed by atoms with Crippen LogP contribution in [0.2, 0.25) is 10.0 Å². The summed E-state index contributed by atoms with van der Waals surface area (Å²) in [6.45, 7) is 1.89. The van der Waals surface area contributed by atoms with Crippen molar-refractivity contribution < 1.29 is 4.74 Å². The van der Waals surface area contributed by atoms with Gasteiger partial charge in [-0.2, -0.15) is 0 Å². The number of ether oxygens (including phenoxy) is 1.